The van der Waals surface area contributed by atoms with E-state index in [1.54, 1.807) is 11.7 Å². The van der Waals surface area contributed by atoms with Crippen molar-refractivity contribution in [3.63, 3.8) is 0 Å². The summed E-state index contributed by atoms with van der Waals surface area (Å²) in [5.74, 6) is 0.972. The first-order chi connectivity index (χ1) is 12.5. The summed E-state index contributed by atoms with van der Waals surface area (Å²) in [5, 5.41) is 0.606. The molecule has 0 aliphatic rings. The number of rotatable bonds is 7. The van der Waals surface area contributed by atoms with Crippen LogP contribution in [-0.4, -0.2) is 22.6 Å². The number of methoxy groups -OCH3 is 1. The van der Waals surface area contributed by atoms with Crippen LogP contribution in [0.5, 0.6) is 5.75 Å². The second-order valence-corrected chi connectivity index (χ2v) is 7.13. The van der Waals surface area contributed by atoms with Gasteiger partial charge in [0.1, 0.15) is 16.4 Å². The third-order valence-corrected chi connectivity index (χ3v) is 5.41. The maximum Gasteiger partial charge on any atom is 0.262 e. The molecule has 0 atom stereocenters. The van der Waals surface area contributed by atoms with Crippen LogP contribution in [0.15, 0.2) is 35.1 Å². The average molecular weight is 371 g/mol. The van der Waals surface area contributed by atoms with Crippen molar-refractivity contribution in [2.75, 3.05) is 7.11 Å². The lowest BCUT2D eigenvalue weighted by atomic mass is 10.1. The summed E-state index contributed by atoms with van der Waals surface area (Å²) in [4.78, 5) is 30.7. The Hall–Kier alpha value is -2.67. The molecule has 3 rings (SSSR count). The number of hydrogen-bond donors (Lipinski definition) is 1. The van der Waals surface area contributed by atoms with Crippen molar-refractivity contribution >= 4 is 27.5 Å². The van der Waals surface area contributed by atoms with E-state index in [1.165, 1.54) is 11.3 Å². The van der Waals surface area contributed by atoms with Gasteiger partial charge in [0, 0.05) is 24.3 Å². The molecule has 136 valence electrons. The number of nitrogens with two attached hydrogens (primary N) is 1. The van der Waals surface area contributed by atoms with Crippen molar-refractivity contribution < 1.29 is 9.53 Å². The zero-order valence-corrected chi connectivity index (χ0v) is 15.6. The van der Waals surface area contributed by atoms with Crippen LogP contribution in [0.3, 0.4) is 0 Å². The third kappa shape index (κ3) is 3.77. The van der Waals surface area contributed by atoms with Gasteiger partial charge in [-0.15, -0.1) is 11.3 Å². The highest BCUT2D eigenvalue weighted by molar-refractivity contribution is 7.18. The number of carbonyl (C=O) groups is 1. The van der Waals surface area contributed by atoms with Gasteiger partial charge in [0.25, 0.3) is 5.56 Å². The quantitative estimate of drug-likeness (QED) is 0.691. The van der Waals surface area contributed by atoms with E-state index in [9.17, 15) is 9.59 Å². The Balaban J connectivity index is 2.05. The Kier molecular flexibility index (Phi) is 5.37. The standard InChI is InChI=1S/C19H21N3O3S/c1-3-14-11-15-18(26-14)21-17(22(19(15)24)9-8-16(20)23)10-12-4-6-13(25-2)7-5-12/h4-7,11H,3,8-10H2,1-2H3,(H2,20,23). The second kappa shape index (κ2) is 7.70. The highest BCUT2D eigenvalue weighted by atomic mass is 32.1. The van der Waals surface area contributed by atoms with Gasteiger partial charge in [-0.25, -0.2) is 4.98 Å². The molecule has 1 aromatic carbocycles. The number of ether oxygens (including phenoxy) is 1. The molecule has 1 amide bonds. The monoisotopic (exact) mass is 371 g/mol. The molecule has 7 heteroatoms. The van der Waals surface area contributed by atoms with E-state index in [1.807, 2.05) is 30.3 Å². The van der Waals surface area contributed by atoms with E-state index >= 15 is 0 Å². The first-order valence-corrected chi connectivity index (χ1v) is 9.26. The number of aryl methyl sites for hydroxylation is 1. The summed E-state index contributed by atoms with van der Waals surface area (Å²) >= 11 is 1.54. The van der Waals surface area contributed by atoms with Crippen molar-refractivity contribution in [2.45, 2.75) is 32.7 Å². The lowest BCUT2D eigenvalue weighted by molar-refractivity contribution is -0.118. The molecule has 0 radical (unpaired) electrons. The highest BCUT2D eigenvalue weighted by Gasteiger charge is 2.15. The zero-order chi connectivity index (χ0) is 18.7. The first-order valence-electron chi connectivity index (χ1n) is 8.45. The lowest BCUT2D eigenvalue weighted by Gasteiger charge is -2.12. The fraction of sp³-hybridized carbons (Fsp3) is 0.316. The smallest absolute Gasteiger partial charge is 0.262 e. The summed E-state index contributed by atoms with van der Waals surface area (Å²) < 4.78 is 6.75. The molecule has 0 aliphatic carbocycles. The Bertz CT molecular complexity index is 990. The molecule has 0 saturated heterocycles. The predicted octanol–water partition coefficient (Wildman–Crippen LogP) is 2.50. The van der Waals surface area contributed by atoms with E-state index in [4.69, 9.17) is 15.5 Å². The number of primary amides is 1. The second-order valence-electron chi connectivity index (χ2n) is 6.01. The van der Waals surface area contributed by atoms with Gasteiger partial charge in [0.15, 0.2) is 0 Å². The van der Waals surface area contributed by atoms with Crippen molar-refractivity contribution in [1.29, 1.82) is 0 Å². The lowest BCUT2D eigenvalue weighted by Crippen LogP contribution is -2.27. The predicted molar refractivity (Wildman–Crippen MR) is 103 cm³/mol. The molecule has 2 heterocycles. The van der Waals surface area contributed by atoms with E-state index in [-0.39, 0.29) is 18.5 Å². The van der Waals surface area contributed by atoms with E-state index in [2.05, 4.69) is 6.92 Å². The Morgan fingerprint density at radius 1 is 1.31 bits per heavy atom. The number of benzene rings is 1. The molecular formula is C19H21N3O3S. The summed E-state index contributed by atoms with van der Waals surface area (Å²) in [5.41, 5.74) is 6.17. The average Bonchev–Trinajstić information content (AvgIpc) is 3.05. The molecule has 0 fully saturated rings. The molecule has 6 nitrogen and oxygen atoms in total. The van der Waals surface area contributed by atoms with Crippen LogP contribution >= 0.6 is 11.3 Å². The first kappa shape index (κ1) is 18.1. The number of carbonyl (C=O) groups excluding carboxylic acids is 1. The van der Waals surface area contributed by atoms with Crippen molar-refractivity contribution in [3.8, 4) is 5.75 Å². The van der Waals surface area contributed by atoms with Gasteiger partial charge in [-0.05, 0) is 30.2 Å². The summed E-state index contributed by atoms with van der Waals surface area (Å²) in [6.07, 6.45) is 1.45. The van der Waals surface area contributed by atoms with Crippen LogP contribution < -0.4 is 16.0 Å². The largest absolute Gasteiger partial charge is 0.497 e. The minimum Gasteiger partial charge on any atom is -0.497 e. The van der Waals surface area contributed by atoms with Crippen LogP contribution in [0.25, 0.3) is 10.2 Å². The molecule has 26 heavy (non-hydrogen) atoms. The number of amides is 1. The fourth-order valence-corrected chi connectivity index (χ4v) is 3.77. The summed E-state index contributed by atoms with van der Waals surface area (Å²) in [7, 11) is 1.62. The number of hydrogen-bond acceptors (Lipinski definition) is 5. The number of aromatic nitrogens is 2. The van der Waals surface area contributed by atoms with Crippen molar-refractivity contribution in [1.82, 2.24) is 9.55 Å². The molecule has 0 aliphatic heterocycles. The number of thiophene rings is 1. The van der Waals surface area contributed by atoms with E-state index < -0.39 is 5.91 Å². The van der Waals surface area contributed by atoms with Gasteiger partial charge < -0.3 is 10.5 Å². The summed E-state index contributed by atoms with van der Waals surface area (Å²) in [6, 6.07) is 9.53. The Labute approximate surface area is 155 Å². The SMILES string of the molecule is CCc1cc2c(=O)n(CCC(N)=O)c(Cc3ccc(OC)cc3)nc2s1. The maximum absolute atomic E-state index is 12.9. The van der Waals surface area contributed by atoms with Crippen LogP contribution in [0, 0.1) is 0 Å². The molecule has 3 aromatic rings. The fourth-order valence-electron chi connectivity index (χ4n) is 2.80. The summed E-state index contributed by atoms with van der Waals surface area (Å²) in [6.45, 7) is 2.29. The van der Waals surface area contributed by atoms with Crippen LogP contribution in [-0.2, 0) is 24.2 Å². The Morgan fingerprint density at radius 2 is 2.04 bits per heavy atom. The molecule has 0 saturated carbocycles. The number of nitrogens with zero attached hydrogens (tertiary/aromatic N) is 2. The molecule has 0 bridgehead atoms. The molecule has 2 aromatic heterocycles. The van der Waals surface area contributed by atoms with Gasteiger partial charge in [-0.2, -0.15) is 0 Å². The molecule has 0 spiro atoms. The van der Waals surface area contributed by atoms with E-state index in [0.717, 1.165) is 27.4 Å². The third-order valence-electron chi connectivity index (χ3n) is 4.23. The van der Waals surface area contributed by atoms with Gasteiger partial charge >= 0.3 is 0 Å². The van der Waals surface area contributed by atoms with Gasteiger partial charge in [-0.3, -0.25) is 14.2 Å². The van der Waals surface area contributed by atoms with E-state index in [0.29, 0.717) is 17.6 Å². The molecule has 2 N–H and O–H groups in total. The normalized spacial score (nSPS) is 11.0. The maximum atomic E-state index is 12.9. The highest BCUT2D eigenvalue weighted by Crippen LogP contribution is 2.23. The Morgan fingerprint density at radius 3 is 2.65 bits per heavy atom. The van der Waals surface area contributed by atoms with Crippen LogP contribution in [0.1, 0.15) is 29.6 Å². The minimum absolute atomic E-state index is 0.105. The van der Waals surface area contributed by atoms with Gasteiger partial charge in [0.05, 0.1) is 12.5 Å². The van der Waals surface area contributed by atoms with Gasteiger partial charge in [-0.1, -0.05) is 19.1 Å². The zero-order valence-electron chi connectivity index (χ0n) is 14.8. The topological polar surface area (TPSA) is 87.2 Å². The van der Waals surface area contributed by atoms with Crippen LogP contribution in [0.2, 0.25) is 0 Å². The molecular weight excluding hydrogens is 350 g/mol. The van der Waals surface area contributed by atoms with Gasteiger partial charge in [0.2, 0.25) is 5.91 Å². The minimum atomic E-state index is -0.438. The molecule has 0 unspecified atom stereocenters. The van der Waals surface area contributed by atoms with Crippen molar-refractivity contribution in [3.05, 3.63) is 57.0 Å². The van der Waals surface area contributed by atoms with Crippen molar-refractivity contribution in [2.24, 2.45) is 5.73 Å². The number of fused-ring (bicyclic) bond motifs is 1. The van der Waals surface area contributed by atoms with Crippen LogP contribution in [0.4, 0.5) is 0 Å².